The number of carbonyl (C=O) groups excluding carboxylic acids is 1. The van der Waals surface area contributed by atoms with Crippen LogP contribution in [-0.4, -0.2) is 54.9 Å². The molecular formula is C21H50O6Si5. The van der Waals surface area contributed by atoms with Crippen molar-refractivity contribution >= 4 is 48.3 Å². The summed E-state index contributed by atoms with van der Waals surface area (Å²) in [6.07, 6.45) is 3.04. The van der Waals surface area contributed by atoms with Gasteiger partial charge in [-0.15, -0.1) is 0 Å². The van der Waals surface area contributed by atoms with Crippen LogP contribution in [-0.2, 0) is 26.0 Å². The van der Waals surface area contributed by atoms with E-state index in [-0.39, 0.29) is 5.97 Å². The molecule has 11 heteroatoms. The highest BCUT2D eigenvalue weighted by Crippen LogP contribution is 2.30. The molecular weight excluding hydrogens is 489 g/mol. The molecule has 0 amide bonds. The minimum Gasteiger partial charge on any atom is -0.462 e. The molecule has 0 radical (unpaired) electrons. The zero-order chi connectivity index (χ0) is 25.4. The third-order valence-electron chi connectivity index (χ3n) is 4.49. The van der Waals surface area contributed by atoms with Crippen LogP contribution in [0.25, 0.3) is 0 Å². The third-order valence-corrected chi connectivity index (χ3v) is 23.3. The van der Waals surface area contributed by atoms with Crippen molar-refractivity contribution in [2.75, 3.05) is 6.61 Å². The SMILES string of the molecule is C=C(C)C(=O)OCCC[Si](C)(O[Si](C)(C)O[Si](C)(C)C)O[Si](C)(C)O[Si](C)(C)CCCC. The highest BCUT2D eigenvalue weighted by molar-refractivity contribution is 6.90. The van der Waals surface area contributed by atoms with Crippen LogP contribution in [0.15, 0.2) is 12.2 Å². The van der Waals surface area contributed by atoms with Gasteiger partial charge in [0.2, 0.25) is 0 Å². The Bertz CT molecular complexity index is 618. The molecule has 0 heterocycles. The van der Waals surface area contributed by atoms with E-state index in [1.54, 1.807) is 6.92 Å². The van der Waals surface area contributed by atoms with E-state index >= 15 is 0 Å². The summed E-state index contributed by atoms with van der Waals surface area (Å²) in [7, 11) is -11.0. The number of ether oxygens (including phenoxy) is 1. The second-order valence-corrected chi connectivity index (χ2v) is 31.2. The maximum absolute atomic E-state index is 11.7. The second-order valence-electron chi connectivity index (χ2n) is 11.3. The number of rotatable bonds is 16. The molecule has 0 rings (SSSR count). The molecule has 0 aliphatic carbocycles. The van der Waals surface area contributed by atoms with Crippen LogP contribution in [0.4, 0.5) is 0 Å². The normalized spacial score (nSPS) is 15.4. The first kappa shape index (κ1) is 32.1. The van der Waals surface area contributed by atoms with Gasteiger partial charge in [-0.2, -0.15) is 0 Å². The fraction of sp³-hybridized carbons (Fsp3) is 0.857. The molecule has 0 saturated carbocycles. The Kier molecular flexibility index (Phi) is 12.8. The molecule has 32 heavy (non-hydrogen) atoms. The summed E-state index contributed by atoms with van der Waals surface area (Å²) in [5.41, 5.74) is 0.413. The lowest BCUT2D eigenvalue weighted by Crippen LogP contribution is -2.59. The van der Waals surface area contributed by atoms with Crippen molar-refractivity contribution in [1.29, 1.82) is 0 Å². The van der Waals surface area contributed by atoms with Crippen LogP contribution >= 0.6 is 0 Å². The van der Waals surface area contributed by atoms with Crippen LogP contribution in [0.3, 0.4) is 0 Å². The lowest BCUT2D eigenvalue weighted by atomic mass is 10.4. The predicted octanol–water partition coefficient (Wildman–Crippen LogP) is 6.88. The van der Waals surface area contributed by atoms with Gasteiger partial charge in [0.05, 0.1) is 6.61 Å². The van der Waals surface area contributed by atoms with Crippen molar-refractivity contribution in [1.82, 2.24) is 0 Å². The smallest absolute Gasteiger partial charge is 0.333 e. The van der Waals surface area contributed by atoms with Crippen LogP contribution in [0, 0.1) is 0 Å². The zero-order valence-corrected chi connectivity index (χ0v) is 27.9. The molecule has 6 nitrogen and oxygen atoms in total. The summed E-state index contributed by atoms with van der Waals surface area (Å²) < 4.78 is 32.1. The van der Waals surface area contributed by atoms with E-state index in [9.17, 15) is 4.79 Å². The number of carbonyl (C=O) groups is 1. The number of hydrogen-bond acceptors (Lipinski definition) is 6. The Morgan fingerprint density at radius 3 is 1.69 bits per heavy atom. The first-order chi connectivity index (χ1) is 14.2. The van der Waals surface area contributed by atoms with E-state index < -0.39 is 42.3 Å². The van der Waals surface area contributed by atoms with Crippen molar-refractivity contribution in [2.24, 2.45) is 0 Å². The Labute approximate surface area is 203 Å². The van der Waals surface area contributed by atoms with Gasteiger partial charge in [-0.1, -0.05) is 26.3 Å². The van der Waals surface area contributed by atoms with Crippen molar-refractivity contribution in [3.63, 3.8) is 0 Å². The average molecular weight is 539 g/mol. The molecule has 0 bridgehead atoms. The van der Waals surface area contributed by atoms with Crippen LogP contribution < -0.4 is 0 Å². The van der Waals surface area contributed by atoms with Crippen molar-refractivity contribution < 1.29 is 26.0 Å². The summed E-state index contributed by atoms with van der Waals surface area (Å²) in [6, 6.07) is 1.86. The first-order valence-electron chi connectivity index (χ1n) is 11.8. The van der Waals surface area contributed by atoms with Gasteiger partial charge in [-0.05, 0) is 90.9 Å². The standard InChI is InChI=1S/C21H50O6Si5/c1-14-15-18-29(7,8)25-31(11,12)27-32(13,19-16-17-23-21(22)20(2)3)26-30(9,10)24-28(4,5)6/h2,14-19H2,1,3-13H3. The first-order valence-corrected chi connectivity index (χ1v) is 26.5. The minimum absolute atomic E-state index is 0.331. The highest BCUT2D eigenvalue weighted by Gasteiger charge is 2.47. The van der Waals surface area contributed by atoms with Gasteiger partial charge in [-0.25, -0.2) is 4.79 Å². The summed E-state index contributed by atoms with van der Waals surface area (Å²) in [5.74, 6) is -0.353. The quantitative estimate of drug-likeness (QED) is 0.0924. The average Bonchev–Trinajstić information content (AvgIpc) is 2.51. The Morgan fingerprint density at radius 2 is 1.25 bits per heavy atom. The summed E-state index contributed by atoms with van der Waals surface area (Å²) in [5, 5.41) is 0. The van der Waals surface area contributed by atoms with Crippen molar-refractivity contribution in [3.8, 4) is 0 Å². The largest absolute Gasteiger partial charge is 0.462 e. The summed E-state index contributed by atoms with van der Waals surface area (Å²) >= 11 is 0. The van der Waals surface area contributed by atoms with Crippen LogP contribution in [0.5, 0.6) is 0 Å². The predicted molar refractivity (Wildman–Crippen MR) is 147 cm³/mol. The van der Waals surface area contributed by atoms with Gasteiger partial charge in [0.1, 0.15) is 0 Å². The number of hydrogen-bond donors (Lipinski definition) is 0. The van der Waals surface area contributed by atoms with E-state index in [2.05, 4.69) is 79.0 Å². The van der Waals surface area contributed by atoms with E-state index in [1.807, 2.05) is 0 Å². The van der Waals surface area contributed by atoms with E-state index in [1.165, 1.54) is 12.8 Å². The Balaban J connectivity index is 5.46. The van der Waals surface area contributed by atoms with Gasteiger partial charge in [0, 0.05) is 5.57 Å². The lowest BCUT2D eigenvalue weighted by molar-refractivity contribution is -0.138. The van der Waals surface area contributed by atoms with E-state index in [4.69, 9.17) is 21.2 Å². The van der Waals surface area contributed by atoms with Gasteiger partial charge in [0.15, 0.2) is 16.6 Å². The molecule has 0 saturated heterocycles. The molecule has 0 fully saturated rings. The van der Waals surface area contributed by atoms with E-state index in [0.717, 1.165) is 12.1 Å². The number of esters is 1. The van der Waals surface area contributed by atoms with Gasteiger partial charge in [0.25, 0.3) is 0 Å². The highest BCUT2D eigenvalue weighted by atomic mass is 28.5. The van der Waals surface area contributed by atoms with Crippen LogP contribution in [0.1, 0.15) is 33.1 Å². The zero-order valence-electron chi connectivity index (χ0n) is 22.9. The summed E-state index contributed by atoms with van der Waals surface area (Å²) in [6.45, 7) is 29.6. The monoisotopic (exact) mass is 538 g/mol. The maximum Gasteiger partial charge on any atom is 0.333 e. The molecule has 190 valence electrons. The second kappa shape index (κ2) is 12.7. The summed E-state index contributed by atoms with van der Waals surface area (Å²) in [4.78, 5) is 11.7. The fourth-order valence-electron chi connectivity index (χ4n) is 3.94. The topological polar surface area (TPSA) is 63.2 Å². The molecule has 0 spiro atoms. The maximum atomic E-state index is 11.7. The third kappa shape index (κ3) is 15.1. The minimum atomic E-state index is -2.65. The molecule has 0 aliphatic rings. The van der Waals surface area contributed by atoms with Gasteiger partial charge < -0.3 is 21.2 Å². The number of unbranched alkanes of at least 4 members (excludes halogenated alkanes) is 1. The van der Waals surface area contributed by atoms with Crippen LogP contribution in [0.2, 0.25) is 77.6 Å². The lowest BCUT2D eigenvalue weighted by Gasteiger charge is -2.43. The molecule has 0 aliphatic heterocycles. The van der Waals surface area contributed by atoms with Gasteiger partial charge in [-0.3, -0.25) is 0 Å². The van der Waals surface area contributed by atoms with Crippen molar-refractivity contribution in [2.45, 2.75) is 111 Å². The molecule has 1 atom stereocenters. The molecule has 0 aromatic carbocycles. The van der Waals surface area contributed by atoms with E-state index in [0.29, 0.717) is 18.6 Å². The van der Waals surface area contributed by atoms with Crippen molar-refractivity contribution in [3.05, 3.63) is 12.2 Å². The fourth-order valence-corrected chi connectivity index (χ4v) is 28.3. The Morgan fingerprint density at radius 1 is 0.750 bits per heavy atom. The molecule has 0 aromatic heterocycles. The molecule has 0 N–H and O–H groups in total. The molecule has 1 unspecified atom stereocenters. The molecule has 0 aromatic rings. The van der Waals surface area contributed by atoms with Gasteiger partial charge >= 0.3 is 31.7 Å². The Hall–Kier alpha value is 0.134.